The van der Waals surface area contributed by atoms with Crippen LogP contribution in [-0.4, -0.2) is 16.6 Å². The molecule has 0 spiro atoms. The zero-order valence-corrected chi connectivity index (χ0v) is 12.8. The fourth-order valence-corrected chi connectivity index (χ4v) is 2.85. The van der Waals surface area contributed by atoms with Crippen LogP contribution in [0.2, 0.25) is 0 Å². The van der Waals surface area contributed by atoms with Crippen LogP contribution < -0.4 is 0 Å². The van der Waals surface area contributed by atoms with Gasteiger partial charge in [-0.2, -0.15) is 0 Å². The third-order valence-electron chi connectivity index (χ3n) is 3.84. The predicted molar refractivity (Wildman–Crippen MR) is 87.1 cm³/mol. The van der Waals surface area contributed by atoms with Gasteiger partial charge in [-0.05, 0) is 31.1 Å². The second-order valence-electron chi connectivity index (χ2n) is 5.92. The molecule has 1 amide bonds. The van der Waals surface area contributed by atoms with Crippen molar-refractivity contribution in [1.82, 2.24) is 4.90 Å². The van der Waals surface area contributed by atoms with Gasteiger partial charge in [0, 0.05) is 6.20 Å². The van der Waals surface area contributed by atoms with Crippen LogP contribution in [-0.2, 0) is 4.74 Å². The van der Waals surface area contributed by atoms with E-state index in [1.807, 2.05) is 86.8 Å². The van der Waals surface area contributed by atoms with Crippen molar-refractivity contribution in [2.24, 2.45) is 0 Å². The monoisotopic (exact) mass is 293 g/mol. The normalized spacial score (nSPS) is 20.4. The van der Waals surface area contributed by atoms with Crippen molar-refractivity contribution in [3.05, 3.63) is 78.0 Å². The van der Waals surface area contributed by atoms with Gasteiger partial charge in [0.05, 0.1) is 0 Å². The molecule has 0 saturated carbocycles. The molecule has 0 N–H and O–H groups in total. The molecular formula is C19H19NO2. The Morgan fingerprint density at radius 1 is 1.00 bits per heavy atom. The van der Waals surface area contributed by atoms with E-state index in [-0.39, 0.29) is 12.1 Å². The number of hydrogen-bond acceptors (Lipinski definition) is 2. The molecule has 22 heavy (non-hydrogen) atoms. The van der Waals surface area contributed by atoms with Crippen LogP contribution in [0.4, 0.5) is 4.79 Å². The highest BCUT2D eigenvalue weighted by Gasteiger charge is 2.47. The zero-order valence-electron chi connectivity index (χ0n) is 12.8. The molecule has 0 unspecified atom stereocenters. The minimum atomic E-state index is -0.570. The van der Waals surface area contributed by atoms with E-state index in [1.54, 1.807) is 4.90 Å². The van der Waals surface area contributed by atoms with Crippen molar-refractivity contribution in [2.75, 3.05) is 0 Å². The molecule has 0 aromatic heterocycles. The maximum atomic E-state index is 12.2. The number of rotatable bonds is 3. The molecule has 112 valence electrons. The summed E-state index contributed by atoms with van der Waals surface area (Å²) in [4.78, 5) is 13.9. The van der Waals surface area contributed by atoms with Crippen LogP contribution in [0.25, 0.3) is 6.08 Å². The summed E-state index contributed by atoms with van der Waals surface area (Å²) in [6.07, 6.45) is 3.42. The number of hydrogen-bond donors (Lipinski definition) is 0. The van der Waals surface area contributed by atoms with E-state index in [4.69, 9.17) is 4.74 Å². The van der Waals surface area contributed by atoms with Gasteiger partial charge < -0.3 is 4.74 Å². The number of benzene rings is 2. The highest BCUT2D eigenvalue weighted by molar-refractivity contribution is 5.74. The summed E-state index contributed by atoms with van der Waals surface area (Å²) < 4.78 is 5.55. The van der Waals surface area contributed by atoms with E-state index in [2.05, 4.69) is 0 Å². The summed E-state index contributed by atoms with van der Waals surface area (Å²) in [6.45, 7) is 3.89. The number of carbonyl (C=O) groups excluding carboxylic acids is 1. The van der Waals surface area contributed by atoms with Crippen LogP contribution in [0, 0.1) is 0 Å². The minimum absolute atomic E-state index is 0.138. The molecule has 3 heteroatoms. The fraction of sp³-hybridized carbons (Fsp3) is 0.211. The number of ether oxygens (including phenoxy) is 1. The first-order chi connectivity index (χ1) is 10.6. The first kappa shape index (κ1) is 14.4. The number of cyclic esters (lactones) is 1. The smallest absolute Gasteiger partial charge is 0.415 e. The molecule has 1 fully saturated rings. The first-order valence-corrected chi connectivity index (χ1v) is 7.37. The van der Waals surface area contributed by atoms with Gasteiger partial charge in [-0.15, -0.1) is 0 Å². The van der Waals surface area contributed by atoms with Crippen LogP contribution in [0.5, 0.6) is 0 Å². The van der Waals surface area contributed by atoms with Crippen LogP contribution in [0.3, 0.4) is 0 Å². The van der Waals surface area contributed by atoms with E-state index in [1.165, 1.54) is 0 Å². The predicted octanol–water partition coefficient (Wildman–Crippen LogP) is 4.63. The molecule has 2 aromatic rings. The second-order valence-corrected chi connectivity index (χ2v) is 5.92. The zero-order chi connectivity index (χ0) is 15.6. The molecule has 1 saturated heterocycles. The Hall–Kier alpha value is -2.55. The lowest BCUT2D eigenvalue weighted by Gasteiger charge is -2.27. The molecule has 1 atom stereocenters. The molecule has 3 nitrogen and oxygen atoms in total. The molecule has 1 heterocycles. The quantitative estimate of drug-likeness (QED) is 0.825. The Balaban J connectivity index is 1.94. The summed E-state index contributed by atoms with van der Waals surface area (Å²) in [5.41, 5.74) is 1.54. The van der Waals surface area contributed by atoms with Gasteiger partial charge in [-0.1, -0.05) is 60.7 Å². The minimum Gasteiger partial charge on any atom is -0.441 e. The summed E-state index contributed by atoms with van der Waals surface area (Å²) >= 11 is 0. The number of amides is 1. The van der Waals surface area contributed by atoms with Crippen molar-refractivity contribution in [2.45, 2.75) is 25.5 Å². The Labute approximate surface area is 130 Å². The lowest BCUT2D eigenvalue weighted by molar-refractivity contribution is 0.0679. The van der Waals surface area contributed by atoms with Crippen molar-refractivity contribution in [1.29, 1.82) is 0 Å². The van der Waals surface area contributed by atoms with Gasteiger partial charge in [0.15, 0.2) is 0 Å². The topological polar surface area (TPSA) is 29.5 Å². The third kappa shape index (κ3) is 2.75. The van der Waals surface area contributed by atoms with Crippen LogP contribution in [0.1, 0.15) is 31.0 Å². The lowest BCUT2D eigenvalue weighted by atomic mass is 9.92. The van der Waals surface area contributed by atoms with E-state index < -0.39 is 5.60 Å². The van der Waals surface area contributed by atoms with Crippen molar-refractivity contribution < 1.29 is 9.53 Å². The summed E-state index contributed by atoms with van der Waals surface area (Å²) in [5.74, 6) is 0. The Morgan fingerprint density at radius 3 is 2.23 bits per heavy atom. The van der Waals surface area contributed by atoms with Gasteiger partial charge >= 0.3 is 6.09 Å². The molecular weight excluding hydrogens is 274 g/mol. The van der Waals surface area contributed by atoms with Crippen LogP contribution >= 0.6 is 0 Å². The Kier molecular flexibility index (Phi) is 3.72. The molecule has 1 aliphatic rings. The van der Waals surface area contributed by atoms with Gasteiger partial charge in [0.2, 0.25) is 0 Å². The third-order valence-corrected chi connectivity index (χ3v) is 3.84. The molecule has 3 rings (SSSR count). The average Bonchev–Trinajstić information content (AvgIpc) is 2.75. The molecule has 0 radical (unpaired) electrons. The van der Waals surface area contributed by atoms with E-state index in [9.17, 15) is 4.79 Å². The van der Waals surface area contributed by atoms with Crippen LogP contribution in [0.15, 0.2) is 66.9 Å². The largest absolute Gasteiger partial charge is 0.441 e. The molecule has 1 aliphatic heterocycles. The fourth-order valence-electron chi connectivity index (χ4n) is 2.85. The van der Waals surface area contributed by atoms with E-state index >= 15 is 0 Å². The maximum Gasteiger partial charge on any atom is 0.415 e. The number of nitrogens with zero attached hydrogens (tertiary/aromatic N) is 1. The lowest BCUT2D eigenvalue weighted by Crippen LogP contribution is -2.30. The molecule has 0 bridgehead atoms. The second kappa shape index (κ2) is 5.68. The Bertz CT molecular complexity index is 677. The standard InChI is InChI=1S/C19H19NO2/c1-19(2)17(16-11-7-4-8-12-16)20(18(21)22-19)14-13-15-9-5-3-6-10-15/h3-14,17H,1-2H3/b14-13-/t17-/m0/s1. The summed E-state index contributed by atoms with van der Waals surface area (Å²) in [5, 5.41) is 0. The van der Waals surface area contributed by atoms with E-state index in [0.29, 0.717) is 0 Å². The van der Waals surface area contributed by atoms with Crippen molar-refractivity contribution in [3.8, 4) is 0 Å². The molecule has 0 aliphatic carbocycles. The number of carbonyl (C=O) groups is 1. The summed E-state index contributed by atoms with van der Waals surface area (Å²) in [7, 11) is 0. The maximum absolute atomic E-state index is 12.2. The summed E-state index contributed by atoms with van der Waals surface area (Å²) in [6, 6.07) is 19.8. The highest BCUT2D eigenvalue weighted by Crippen LogP contribution is 2.41. The van der Waals surface area contributed by atoms with Crippen molar-refractivity contribution >= 4 is 12.2 Å². The first-order valence-electron chi connectivity index (χ1n) is 7.37. The van der Waals surface area contributed by atoms with Gasteiger partial charge in [-0.25, -0.2) is 4.79 Å². The molecule has 2 aromatic carbocycles. The Morgan fingerprint density at radius 2 is 1.59 bits per heavy atom. The highest BCUT2D eigenvalue weighted by atomic mass is 16.6. The van der Waals surface area contributed by atoms with E-state index in [0.717, 1.165) is 11.1 Å². The average molecular weight is 293 g/mol. The van der Waals surface area contributed by atoms with Crippen molar-refractivity contribution in [3.63, 3.8) is 0 Å². The van der Waals surface area contributed by atoms with Gasteiger partial charge in [0.1, 0.15) is 11.6 Å². The SMILES string of the molecule is CC1(C)OC(=O)N(/C=C\c2ccccc2)[C@H]1c1ccccc1. The van der Waals surface area contributed by atoms with Gasteiger partial charge in [0.25, 0.3) is 0 Å². The van der Waals surface area contributed by atoms with Gasteiger partial charge in [-0.3, -0.25) is 4.90 Å².